The number of aromatic nitrogens is 2. The van der Waals surface area contributed by atoms with Crippen LogP contribution >= 0.6 is 0 Å². The van der Waals surface area contributed by atoms with E-state index in [1.165, 1.54) is 6.92 Å². The van der Waals surface area contributed by atoms with Gasteiger partial charge in [0, 0.05) is 23.9 Å². The van der Waals surface area contributed by atoms with Gasteiger partial charge in [-0.15, -0.1) is 10.2 Å². The molecule has 0 radical (unpaired) electrons. The third-order valence-electron chi connectivity index (χ3n) is 3.38. The minimum Gasteiger partial charge on any atom is -0.412 e. The van der Waals surface area contributed by atoms with Gasteiger partial charge in [-0.05, 0) is 43.3 Å². The van der Waals surface area contributed by atoms with Crippen LogP contribution in [0.3, 0.4) is 0 Å². The maximum absolute atomic E-state index is 12.2. The van der Waals surface area contributed by atoms with Crippen LogP contribution in [-0.4, -0.2) is 22.0 Å². The molecule has 126 valence electrons. The van der Waals surface area contributed by atoms with Crippen LogP contribution in [-0.2, 0) is 4.79 Å². The van der Waals surface area contributed by atoms with E-state index in [0.717, 1.165) is 11.1 Å². The van der Waals surface area contributed by atoms with Crippen molar-refractivity contribution in [2.45, 2.75) is 13.8 Å². The molecular weight excluding hydrogens is 320 g/mol. The fourth-order valence-electron chi connectivity index (χ4n) is 2.15. The van der Waals surface area contributed by atoms with Crippen molar-refractivity contribution in [2.75, 3.05) is 10.6 Å². The number of carbonyl (C=O) groups excluding carboxylic acids is 2. The monoisotopic (exact) mass is 336 g/mol. The van der Waals surface area contributed by atoms with Gasteiger partial charge in [-0.2, -0.15) is 0 Å². The standard InChI is InChI=1S/C18H16N4O3/c1-11-3-5-13(6-4-11)17-21-22-18(25-17)16(24)20-15-9-7-14(8-10-15)19-12(2)23/h3-10H,1-2H3,(H,19,23)(H,20,24). The normalized spacial score (nSPS) is 10.3. The zero-order valence-corrected chi connectivity index (χ0v) is 13.7. The zero-order chi connectivity index (χ0) is 17.8. The Morgan fingerprint density at radius 3 is 2.08 bits per heavy atom. The van der Waals surface area contributed by atoms with Gasteiger partial charge < -0.3 is 15.1 Å². The second kappa shape index (κ2) is 6.96. The summed E-state index contributed by atoms with van der Waals surface area (Å²) in [5.74, 6) is -0.503. The summed E-state index contributed by atoms with van der Waals surface area (Å²) in [5, 5.41) is 13.0. The number of carbonyl (C=O) groups is 2. The summed E-state index contributed by atoms with van der Waals surface area (Å²) in [5.41, 5.74) is 3.06. The molecule has 0 atom stereocenters. The molecule has 7 nitrogen and oxygen atoms in total. The van der Waals surface area contributed by atoms with Crippen molar-refractivity contribution in [1.82, 2.24) is 10.2 Å². The summed E-state index contributed by atoms with van der Waals surface area (Å²) in [6.07, 6.45) is 0. The van der Waals surface area contributed by atoms with Gasteiger partial charge in [0.1, 0.15) is 0 Å². The molecule has 0 aliphatic heterocycles. The highest BCUT2D eigenvalue weighted by molar-refractivity contribution is 6.01. The third-order valence-corrected chi connectivity index (χ3v) is 3.38. The van der Waals surface area contributed by atoms with E-state index in [4.69, 9.17) is 4.42 Å². The van der Waals surface area contributed by atoms with Crippen LogP contribution in [0.25, 0.3) is 11.5 Å². The zero-order valence-electron chi connectivity index (χ0n) is 13.7. The molecule has 0 spiro atoms. The second-order valence-corrected chi connectivity index (χ2v) is 5.49. The summed E-state index contributed by atoms with van der Waals surface area (Å²) in [6.45, 7) is 3.41. The molecule has 0 aliphatic rings. The Kier molecular flexibility index (Phi) is 4.56. The molecule has 3 rings (SSSR count). The fourth-order valence-corrected chi connectivity index (χ4v) is 2.15. The number of benzene rings is 2. The highest BCUT2D eigenvalue weighted by Crippen LogP contribution is 2.19. The van der Waals surface area contributed by atoms with E-state index in [0.29, 0.717) is 11.4 Å². The van der Waals surface area contributed by atoms with Crippen LogP contribution in [0.4, 0.5) is 11.4 Å². The van der Waals surface area contributed by atoms with Crippen molar-refractivity contribution in [1.29, 1.82) is 0 Å². The average Bonchev–Trinajstić information content (AvgIpc) is 3.07. The molecule has 7 heteroatoms. The lowest BCUT2D eigenvalue weighted by Crippen LogP contribution is -2.12. The van der Waals surface area contributed by atoms with Gasteiger partial charge in [0.25, 0.3) is 0 Å². The predicted molar refractivity (Wildman–Crippen MR) is 93.2 cm³/mol. The first-order valence-corrected chi connectivity index (χ1v) is 7.61. The number of nitrogens with one attached hydrogen (secondary N) is 2. The van der Waals surface area contributed by atoms with Crippen molar-refractivity contribution in [2.24, 2.45) is 0 Å². The van der Waals surface area contributed by atoms with Gasteiger partial charge in [0.15, 0.2) is 0 Å². The first-order chi connectivity index (χ1) is 12.0. The summed E-state index contributed by atoms with van der Waals surface area (Å²) in [4.78, 5) is 23.2. The topological polar surface area (TPSA) is 97.1 Å². The number of amides is 2. The highest BCUT2D eigenvalue weighted by atomic mass is 16.4. The minimum atomic E-state index is -0.502. The van der Waals surface area contributed by atoms with Gasteiger partial charge in [0.05, 0.1) is 0 Å². The smallest absolute Gasteiger partial charge is 0.313 e. The Labute approximate surface area is 144 Å². The molecule has 2 N–H and O–H groups in total. The predicted octanol–water partition coefficient (Wildman–Crippen LogP) is 3.26. The summed E-state index contributed by atoms with van der Waals surface area (Å²) in [6, 6.07) is 14.3. The molecule has 0 unspecified atom stereocenters. The Morgan fingerprint density at radius 2 is 1.48 bits per heavy atom. The van der Waals surface area contributed by atoms with Crippen LogP contribution in [0.1, 0.15) is 23.2 Å². The summed E-state index contributed by atoms with van der Waals surface area (Å²) < 4.78 is 5.43. The van der Waals surface area contributed by atoms with Crippen molar-refractivity contribution >= 4 is 23.2 Å². The second-order valence-electron chi connectivity index (χ2n) is 5.49. The van der Waals surface area contributed by atoms with Crippen LogP contribution in [0.15, 0.2) is 52.9 Å². The third kappa shape index (κ3) is 4.08. The van der Waals surface area contributed by atoms with Gasteiger partial charge >= 0.3 is 11.8 Å². The molecule has 2 aromatic carbocycles. The van der Waals surface area contributed by atoms with Gasteiger partial charge in [-0.1, -0.05) is 17.7 Å². The molecule has 0 fully saturated rings. The number of nitrogens with zero attached hydrogens (tertiary/aromatic N) is 2. The molecule has 0 bridgehead atoms. The largest absolute Gasteiger partial charge is 0.412 e. The maximum atomic E-state index is 12.2. The van der Waals surface area contributed by atoms with E-state index in [2.05, 4.69) is 20.8 Å². The van der Waals surface area contributed by atoms with Crippen LogP contribution in [0, 0.1) is 6.92 Å². The number of hydrogen-bond donors (Lipinski definition) is 2. The van der Waals surface area contributed by atoms with Crippen molar-refractivity contribution in [3.63, 3.8) is 0 Å². The van der Waals surface area contributed by atoms with E-state index < -0.39 is 5.91 Å². The molecule has 2 amide bonds. The quantitative estimate of drug-likeness (QED) is 0.762. The number of rotatable bonds is 4. The fraction of sp³-hybridized carbons (Fsp3) is 0.111. The highest BCUT2D eigenvalue weighted by Gasteiger charge is 2.16. The SMILES string of the molecule is CC(=O)Nc1ccc(NC(=O)c2nnc(-c3ccc(C)cc3)o2)cc1. The lowest BCUT2D eigenvalue weighted by atomic mass is 10.1. The van der Waals surface area contributed by atoms with Crippen molar-refractivity contribution < 1.29 is 14.0 Å². The lowest BCUT2D eigenvalue weighted by Gasteiger charge is -2.05. The summed E-state index contributed by atoms with van der Waals surface area (Å²) >= 11 is 0. The molecule has 1 heterocycles. The molecule has 1 aromatic heterocycles. The van der Waals surface area contributed by atoms with E-state index in [-0.39, 0.29) is 17.7 Å². The van der Waals surface area contributed by atoms with Crippen molar-refractivity contribution in [3.8, 4) is 11.5 Å². The van der Waals surface area contributed by atoms with Crippen LogP contribution in [0.2, 0.25) is 0 Å². The van der Waals surface area contributed by atoms with Crippen LogP contribution < -0.4 is 10.6 Å². The molecule has 3 aromatic rings. The Bertz CT molecular complexity index is 899. The number of hydrogen-bond acceptors (Lipinski definition) is 5. The van der Waals surface area contributed by atoms with Crippen molar-refractivity contribution in [3.05, 3.63) is 60.0 Å². The van der Waals surface area contributed by atoms with Gasteiger partial charge in [-0.3, -0.25) is 9.59 Å². The molecule has 25 heavy (non-hydrogen) atoms. The lowest BCUT2D eigenvalue weighted by molar-refractivity contribution is -0.114. The van der Waals surface area contributed by atoms with E-state index in [1.54, 1.807) is 24.3 Å². The summed E-state index contributed by atoms with van der Waals surface area (Å²) in [7, 11) is 0. The Morgan fingerprint density at radius 1 is 0.880 bits per heavy atom. The van der Waals surface area contributed by atoms with E-state index >= 15 is 0 Å². The number of aryl methyl sites for hydroxylation is 1. The first-order valence-electron chi connectivity index (χ1n) is 7.61. The Balaban J connectivity index is 1.69. The molecular formula is C18H16N4O3. The van der Waals surface area contributed by atoms with Crippen LogP contribution in [0.5, 0.6) is 0 Å². The minimum absolute atomic E-state index is 0.124. The maximum Gasteiger partial charge on any atom is 0.313 e. The number of anilines is 2. The van der Waals surface area contributed by atoms with Gasteiger partial charge in [-0.25, -0.2) is 0 Å². The van der Waals surface area contributed by atoms with Gasteiger partial charge in [0.2, 0.25) is 11.8 Å². The molecule has 0 saturated heterocycles. The van der Waals surface area contributed by atoms with E-state index in [9.17, 15) is 9.59 Å². The molecule has 0 saturated carbocycles. The molecule has 0 aliphatic carbocycles. The van der Waals surface area contributed by atoms with E-state index in [1.807, 2.05) is 31.2 Å². The Hall–Kier alpha value is -3.48. The average molecular weight is 336 g/mol. The first kappa shape index (κ1) is 16.4.